The van der Waals surface area contributed by atoms with Crippen LogP contribution in [0.4, 0.5) is 0 Å². The monoisotopic (exact) mass is 191 g/mol. The van der Waals surface area contributed by atoms with Crippen LogP contribution in [0.3, 0.4) is 0 Å². The van der Waals surface area contributed by atoms with Gasteiger partial charge in [0.1, 0.15) is 12.5 Å². The van der Waals surface area contributed by atoms with Gasteiger partial charge in [-0.05, 0) is 25.1 Å². The third-order valence-corrected chi connectivity index (χ3v) is 2.23. The van der Waals surface area contributed by atoms with Crippen molar-refractivity contribution in [2.75, 3.05) is 6.61 Å². The number of ether oxygens (including phenoxy) is 1. The summed E-state index contributed by atoms with van der Waals surface area (Å²) in [6.07, 6.45) is 1.92. The molecule has 0 unspecified atom stereocenters. The lowest BCUT2D eigenvalue weighted by Gasteiger charge is -2.04. The molecule has 2 rings (SSSR count). The van der Waals surface area contributed by atoms with Gasteiger partial charge in [-0.15, -0.1) is 0 Å². The van der Waals surface area contributed by atoms with Crippen LogP contribution in [0.5, 0.6) is 5.75 Å². The summed E-state index contributed by atoms with van der Waals surface area (Å²) in [7, 11) is 0. The Kier molecular flexibility index (Phi) is 2.41. The van der Waals surface area contributed by atoms with Gasteiger partial charge in [-0.1, -0.05) is 6.07 Å². The molecule has 1 aromatic carbocycles. The molecular formula is C11H13NO2. The molecule has 1 aromatic heterocycles. The molecule has 0 bridgehead atoms. The van der Waals surface area contributed by atoms with Crippen LogP contribution in [0.25, 0.3) is 10.9 Å². The molecule has 0 saturated carbocycles. The molecule has 74 valence electrons. The van der Waals surface area contributed by atoms with Crippen molar-refractivity contribution in [3.63, 3.8) is 0 Å². The Labute approximate surface area is 82.5 Å². The number of hydrogen-bond acceptors (Lipinski definition) is 2. The van der Waals surface area contributed by atoms with Gasteiger partial charge in [0, 0.05) is 18.2 Å². The average Bonchev–Trinajstić information content (AvgIpc) is 2.60. The van der Waals surface area contributed by atoms with Gasteiger partial charge in [0.25, 0.3) is 0 Å². The van der Waals surface area contributed by atoms with Crippen LogP contribution < -0.4 is 0 Å². The van der Waals surface area contributed by atoms with Gasteiger partial charge in [0.15, 0.2) is 0 Å². The zero-order valence-corrected chi connectivity index (χ0v) is 8.10. The van der Waals surface area contributed by atoms with Crippen molar-refractivity contribution in [1.29, 1.82) is 0 Å². The van der Waals surface area contributed by atoms with E-state index in [4.69, 9.17) is 4.74 Å². The molecule has 0 amide bonds. The van der Waals surface area contributed by atoms with Crippen molar-refractivity contribution in [3.8, 4) is 5.75 Å². The molecule has 0 aliphatic heterocycles. The van der Waals surface area contributed by atoms with Gasteiger partial charge in [-0.3, -0.25) is 0 Å². The summed E-state index contributed by atoms with van der Waals surface area (Å²) < 4.78 is 7.28. The van der Waals surface area contributed by atoms with E-state index in [2.05, 4.69) is 0 Å². The first kappa shape index (κ1) is 9.09. The fourth-order valence-corrected chi connectivity index (χ4v) is 1.51. The van der Waals surface area contributed by atoms with Gasteiger partial charge in [-0.25, -0.2) is 0 Å². The molecular weight excluding hydrogens is 178 g/mol. The van der Waals surface area contributed by atoms with Crippen molar-refractivity contribution in [3.05, 3.63) is 30.5 Å². The maximum atomic E-state index is 9.56. The van der Waals surface area contributed by atoms with E-state index >= 15 is 0 Å². The van der Waals surface area contributed by atoms with E-state index < -0.39 is 0 Å². The number of fused-ring (bicyclic) bond motifs is 1. The third kappa shape index (κ3) is 1.46. The first-order valence-electron chi connectivity index (χ1n) is 4.67. The molecule has 3 heteroatoms. The lowest BCUT2D eigenvalue weighted by molar-refractivity contribution is 0.0909. The van der Waals surface area contributed by atoms with Crippen molar-refractivity contribution in [2.45, 2.75) is 13.7 Å². The van der Waals surface area contributed by atoms with E-state index in [1.807, 2.05) is 35.9 Å². The van der Waals surface area contributed by atoms with Crippen molar-refractivity contribution in [2.24, 2.45) is 0 Å². The number of aromatic nitrogens is 1. The highest BCUT2D eigenvalue weighted by Gasteiger charge is 2.03. The van der Waals surface area contributed by atoms with E-state index in [1.54, 1.807) is 6.07 Å². The number of phenols is 1. The van der Waals surface area contributed by atoms with Gasteiger partial charge in [0.05, 0.1) is 5.52 Å². The SMILES string of the molecule is CCOCn1ccc2c(O)cccc21. The first-order chi connectivity index (χ1) is 6.83. The fourth-order valence-electron chi connectivity index (χ4n) is 1.51. The maximum Gasteiger partial charge on any atom is 0.124 e. The molecule has 0 saturated heterocycles. The van der Waals surface area contributed by atoms with Crippen LogP contribution in [0.15, 0.2) is 30.5 Å². The Hall–Kier alpha value is -1.48. The zero-order valence-electron chi connectivity index (χ0n) is 8.10. The van der Waals surface area contributed by atoms with Crippen LogP contribution in [0.2, 0.25) is 0 Å². The van der Waals surface area contributed by atoms with Gasteiger partial charge < -0.3 is 14.4 Å². The molecule has 2 aromatic rings. The normalized spacial score (nSPS) is 10.9. The summed E-state index contributed by atoms with van der Waals surface area (Å²) in [4.78, 5) is 0. The Balaban J connectivity index is 2.42. The van der Waals surface area contributed by atoms with Gasteiger partial charge in [0.2, 0.25) is 0 Å². The van der Waals surface area contributed by atoms with Crippen molar-refractivity contribution in [1.82, 2.24) is 4.57 Å². The van der Waals surface area contributed by atoms with Crippen LogP contribution in [-0.2, 0) is 11.5 Å². The summed E-state index contributed by atoms with van der Waals surface area (Å²) in [5, 5.41) is 10.4. The molecule has 0 fully saturated rings. The Bertz CT molecular complexity index is 434. The maximum absolute atomic E-state index is 9.56. The smallest absolute Gasteiger partial charge is 0.124 e. The summed E-state index contributed by atoms with van der Waals surface area (Å²) >= 11 is 0. The molecule has 0 radical (unpaired) electrons. The lowest BCUT2D eigenvalue weighted by Crippen LogP contribution is -1.99. The van der Waals surface area contributed by atoms with Crippen LogP contribution in [0.1, 0.15) is 6.92 Å². The number of phenolic OH excluding ortho intramolecular Hbond substituents is 1. The molecule has 0 atom stereocenters. The Morgan fingerprint density at radius 1 is 1.36 bits per heavy atom. The second kappa shape index (κ2) is 3.72. The molecule has 0 aliphatic rings. The highest BCUT2D eigenvalue weighted by Crippen LogP contribution is 2.24. The lowest BCUT2D eigenvalue weighted by atomic mass is 10.2. The van der Waals surface area contributed by atoms with E-state index in [1.165, 1.54) is 0 Å². The summed E-state index contributed by atoms with van der Waals surface area (Å²) in [6.45, 7) is 3.19. The number of hydrogen-bond donors (Lipinski definition) is 1. The van der Waals surface area contributed by atoms with E-state index in [0.717, 1.165) is 10.9 Å². The Morgan fingerprint density at radius 2 is 2.21 bits per heavy atom. The number of rotatable bonds is 3. The predicted octanol–water partition coefficient (Wildman–Crippen LogP) is 2.34. The molecule has 1 heterocycles. The largest absolute Gasteiger partial charge is 0.507 e. The first-order valence-corrected chi connectivity index (χ1v) is 4.67. The highest BCUT2D eigenvalue weighted by molar-refractivity contribution is 5.85. The molecule has 14 heavy (non-hydrogen) atoms. The predicted molar refractivity (Wildman–Crippen MR) is 55.2 cm³/mol. The molecule has 0 aliphatic carbocycles. The average molecular weight is 191 g/mol. The minimum atomic E-state index is 0.317. The summed E-state index contributed by atoms with van der Waals surface area (Å²) in [5.74, 6) is 0.317. The second-order valence-corrected chi connectivity index (χ2v) is 3.12. The minimum Gasteiger partial charge on any atom is -0.507 e. The Morgan fingerprint density at radius 3 is 3.00 bits per heavy atom. The van der Waals surface area contributed by atoms with Crippen LogP contribution in [0, 0.1) is 0 Å². The topological polar surface area (TPSA) is 34.4 Å². The standard InChI is InChI=1S/C11H13NO2/c1-2-14-8-12-7-6-9-10(12)4-3-5-11(9)13/h3-7,13H,2,8H2,1H3. The highest BCUT2D eigenvalue weighted by atomic mass is 16.5. The third-order valence-electron chi connectivity index (χ3n) is 2.23. The number of nitrogens with zero attached hydrogens (tertiary/aromatic N) is 1. The van der Waals surface area contributed by atoms with E-state index in [-0.39, 0.29) is 0 Å². The summed E-state index contributed by atoms with van der Waals surface area (Å²) in [5.41, 5.74) is 0.999. The molecule has 0 spiro atoms. The molecule has 3 nitrogen and oxygen atoms in total. The fraction of sp³-hybridized carbons (Fsp3) is 0.273. The van der Waals surface area contributed by atoms with E-state index in [9.17, 15) is 5.11 Å². The second-order valence-electron chi connectivity index (χ2n) is 3.12. The number of aromatic hydroxyl groups is 1. The van der Waals surface area contributed by atoms with Crippen molar-refractivity contribution >= 4 is 10.9 Å². The minimum absolute atomic E-state index is 0.317. The number of benzene rings is 1. The molecule has 1 N–H and O–H groups in total. The van der Waals surface area contributed by atoms with Crippen LogP contribution in [-0.4, -0.2) is 16.3 Å². The van der Waals surface area contributed by atoms with Crippen molar-refractivity contribution < 1.29 is 9.84 Å². The van der Waals surface area contributed by atoms with Gasteiger partial charge >= 0.3 is 0 Å². The quantitative estimate of drug-likeness (QED) is 0.808. The van der Waals surface area contributed by atoms with Crippen LogP contribution >= 0.6 is 0 Å². The summed E-state index contributed by atoms with van der Waals surface area (Å²) in [6, 6.07) is 7.38. The van der Waals surface area contributed by atoms with Gasteiger partial charge in [-0.2, -0.15) is 0 Å². The van der Waals surface area contributed by atoms with E-state index in [0.29, 0.717) is 19.1 Å². The zero-order chi connectivity index (χ0) is 9.97.